The molecule has 0 amide bonds. The molecule has 2 atom stereocenters. The molecule has 0 radical (unpaired) electrons. The van der Waals surface area contributed by atoms with Crippen LogP contribution in [-0.4, -0.2) is 42.7 Å². The molecule has 1 saturated heterocycles. The summed E-state index contributed by atoms with van der Waals surface area (Å²) in [5, 5.41) is 17.5. The molecule has 1 heterocycles. The van der Waals surface area contributed by atoms with E-state index in [1.54, 1.807) is 0 Å². The van der Waals surface area contributed by atoms with Crippen LogP contribution in [0.5, 0.6) is 0 Å². The Labute approximate surface area is 76.3 Å². The Morgan fingerprint density at radius 2 is 2.08 bits per heavy atom. The standard InChI is InChI=1S/C7H12O5S/c8-3-5-4-13(11,12)2-1-6(5)7(9)10/h5-6,8H,1-4H2,(H,9,10)/t5-,6+/m0/s1. The second-order valence-corrected chi connectivity index (χ2v) is 5.52. The summed E-state index contributed by atoms with van der Waals surface area (Å²) in [6, 6.07) is 0. The first-order chi connectivity index (χ1) is 5.96. The van der Waals surface area contributed by atoms with Crippen LogP contribution < -0.4 is 0 Å². The Hall–Kier alpha value is -0.620. The Morgan fingerprint density at radius 3 is 2.54 bits per heavy atom. The van der Waals surface area contributed by atoms with Crippen LogP contribution in [0.2, 0.25) is 0 Å². The van der Waals surface area contributed by atoms with Gasteiger partial charge in [-0.1, -0.05) is 0 Å². The maximum absolute atomic E-state index is 11.1. The zero-order valence-corrected chi connectivity index (χ0v) is 7.83. The Balaban J connectivity index is 2.77. The van der Waals surface area contributed by atoms with Crippen molar-refractivity contribution in [3.8, 4) is 0 Å². The van der Waals surface area contributed by atoms with E-state index >= 15 is 0 Å². The molecule has 0 aromatic rings. The molecule has 0 unspecified atom stereocenters. The summed E-state index contributed by atoms with van der Waals surface area (Å²) in [4.78, 5) is 10.6. The van der Waals surface area contributed by atoms with E-state index in [2.05, 4.69) is 0 Å². The highest BCUT2D eigenvalue weighted by atomic mass is 32.2. The van der Waals surface area contributed by atoms with E-state index in [9.17, 15) is 13.2 Å². The number of carbonyl (C=O) groups is 1. The van der Waals surface area contributed by atoms with Crippen molar-refractivity contribution in [2.45, 2.75) is 6.42 Å². The van der Waals surface area contributed by atoms with Crippen LogP contribution in [0.1, 0.15) is 6.42 Å². The third-order valence-electron chi connectivity index (χ3n) is 2.33. The smallest absolute Gasteiger partial charge is 0.306 e. The minimum atomic E-state index is -3.13. The molecule has 6 heteroatoms. The Bertz CT molecular complexity index is 294. The van der Waals surface area contributed by atoms with Crippen molar-refractivity contribution in [2.75, 3.05) is 18.1 Å². The number of hydrogen-bond donors (Lipinski definition) is 2. The van der Waals surface area contributed by atoms with E-state index < -0.39 is 27.6 Å². The number of hydrogen-bond acceptors (Lipinski definition) is 4. The topological polar surface area (TPSA) is 91.7 Å². The van der Waals surface area contributed by atoms with Crippen molar-refractivity contribution < 1.29 is 23.4 Å². The lowest BCUT2D eigenvalue weighted by molar-refractivity contribution is -0.144. The molecule has 5 nitrogen and oxygen atoms in total. The molecule has 0 aromatic heterocycles. The average Bonchev–Trinajstić information content (AvgIpc) is 2.01. The molecule has 1 aliphatic heterocycles. The molecule has 0 aromatic carbocycles. The van der Waals surface area contributed by atoms with Crippen LogP contribution in [0, 0.1) is 11.8 Å². The Morgan fingerprint density at radius 1 is 1.46 bits per heavy atom. The van der Waals surface area contributed by atoms with Gasteiger partial charge in [0, 0.05) is 12.5 Å². The van der Waals surface area contributed by atoms with Crippen molar-refractivity contribution in [3.63, 3.8) is 0 Å². The maximum atomic E-state index is 11.1. The van der Waals surface area contributed by atoms with Crippen LogP contribution >= 0.6 is 0 Å². The van der Waals surface area contributed by atoms with Crippen molar-refractivity contribution >= 4 is 15.8 Å². The predicted octanol–water partition coefficient (Wildman–Crippen LogP) is -0.886. The van der Waals surface area contributed by atoms with Gasteiger partial charge in [-0.05, 0) is 6.42 Å². The Kier molecular flexibility index (Phi) is 2.92. The first-order valence-electron chi connectivity index (χ1n) is 4.00. The third kappa shape index (κ3) is 2.41. The SMILES string of the molecule is O=C(O)[C@@H]1CCS(=O)(=O)C[C@@H]1CO. The molecule has 0 saturated carbocycles. The predicted molar refractivity (Wildman–Crippen MR) is 45.0 cm³/mol. The summed E-state index contributed by atoms with van der Waals surface area (Å²) in [6.07, 6.45) is 0.114. The summed E-state index contributed by atoms with van der Waals surface area (Å²) in [7, 11) is -3.13. The average molecular weight is 208 g/mol. The van der Waals surface area contributed by atoms with E-state index in [1.807, 2.05) is 0 Å². The van der Waals surface area contributed by atoms with E-state index in [0.717, 1.165) is 0 Å². The fourth-order valence-corrected chi connectivity index (χ4v) is 3.34. The van der Waals surface area contributed by atoms with Crippen LogP contribution in [0.15, 0.2) is 0 Å². The lowest BCUT2D eigenvalue weighted by Crippen LogP contribution is -2.38. The van der Waals surface area contributed by atoms with Gasteiger partial charge in [0.1, 0.15) is 0 Å². The summed E-state index contributed by atoms with van der Waals surface area (Å²) < 4.78 is 22.2. The van der Waals surface area contributed by atoms with E-state index in [1.165, 1.54) is 0 Å². The number of rotatable bonds is 2. The summed E-state index contributed by atoms with van der Waals surface area (Å²) in [6.45, 7) is -0.379. The zero-order chi connectivity index (χ0) is 10.1. The molecule has 2 N–H and O–H groups in total. The van der Waals surface area contributed by atoms with Crippen LogP contribution in [-0.2, 0) is 14.6 Å². The zero-order valence-electron chi connectivity index (χ0n) is 7.01. The van der Waals surface area contributed by atoms with Gasteiger partial charge in [-0.25, -0.2) is 8.42 Å². The minimum Gasteiger partial charge on any atom is -0.481 e. The van der Waals surface area contributed by atoms with Crippen LogP contribution in [0.3, 0.4) is 0 Å². The first kappa shape index (κ1) is 10.5. The normalized spacial score (nSPS) is 32.7. The number of carboxylic acids is 1. The lowest BCUT2D eigenvalue weighted by atomic mass is 9.92. The van der Waals surface area contributed by atoms with Gasteiger partial charge >= 0.3 is 5.97 Å². The molecule has 1 aliphatic rings. The molecule has 76 valence electrons. The molecule has 0 aliphatic carbocycles. The number of carboxylic acid groups (broad SMARTS) is 1. The number of aliphatic hydroxyl groups excluding tert-OH is 1. The minimum absolute atomic E-state index is 0.0829. The van der Waals surface area contributed by atoms with Gasteiger partial charge in [0.2, 0.25) is 0 Å². The molecular weight excluding hydrogens is 196 g/mol. The molecule has 0 spiro atoms. The second kappa shape index (κ2) is 3.63. The van der Waals surface area contributed by atoms with E-state index in [0.29, 0.717) is 0 Å². The van der Waals surface area contributed by atoms with Gasteiger partial charge in [0.15, 0.2) is 9.84 Å². The summed E-state index contributed by atoms with van der Waals surface area (Å²) in [5.74, 6) is -2.67. The van der Waals surface area contributed by atoms with Crippen molar-refractivity contribution in [3.05, 3.63) is 0 Å². The fraction of sp³-hybridized carbons (Fsp3) is 0.857. The number of sulfone groups is 1. The van der Waals surface area contributed by atoms with Crippen molar-refractivity contribution in [1.82, 2.24) is 0 Å². The molecule has 0 bridgehead atoms. The highest BCUT2D eigenvalue weighted by Crippen LogP contribution is 2.24. The van der Waals surface area contributed by atoms with Crippen molar-refractivity contribution in [1.29, 1.82) is 0 Å². The van der Waals surface area contributed by atoms with Crippen LogP contribution in [0.25, 0.3) is 0 Å². The molecule has 1 fully saturated rings. The summed E-state index contributed by atoms with van der Waals surface area (Å²) >= 11 is 0. The van der Waals surface area contributed by atoms with Gasteiger partial charge in [-0.2, -0.15) is 0 Å². The molecule has 13 heavy (non-hydrogen) atoms. The van der Waals surface area contributed by atoms with Gasteiger partial charge in [-0.3, -0.25) is 4.79 Å². The van der Waals surface area contributed by atoms with Crippen molar-refractivity contribution in [2.24, 2.45) is 11.8 Å². The quantitative estimate of drug-likeness (QED) is 0.614. The highest BCUT2D eigenvalue weighted by molar-refractivity contribution is 7.91. The second-order valence-electron chi connectivity index (χ2n) is 3.29. The monoisotopic (exact) mass is 208 g/mol. The van der Waals surface area contributed by atoms with E-state index in [4.69, 9.17) is 10.2 Å². The maximum Gasteiger partial charge on any atom is 0.306 e. The third-order valence-corrected chi connectivity index (χ3v) is 4.12. The molecule has 1 rings (SSSR count). The number of aliphatic carboxylic acids is 1. The van der Waals surface area contributed by atoms with Crippen LogP contribution in [0.4, 0.5) is 0 Å². The highest BCUT2D eigenvalue weighted by Gasteiger charge is 2.36. The van der Waals surface area contributed by atoms with Gasteiger partial charge in [0.25, 0.3) is 0 Å². The fourth-order valence-electron chi connectivity index (χ4n) is 1.57. The lowest BCUT2D eigenvalue weighted by Gasteiger charge is -2.26. The summed E-state index contributed by atoms with van der Waals surface area (Å²) in [5.41, 5.74) is 0. The first-order valence-corrected chi connectivity index (χ1v) is 5.82. The largest absolute Gasteiger partial charge is 0.481 e. The van der Waals surface area contributed by atoms with Gasteiger partial charge in [-0.15, -0.1) is 0 Å². The molecular formula is C7H12O5S. The number of aliphatic hydroxyl groups is 1. The van der Waals surface area contributed by atoms with Gasteiger partial charge in [0.05, 0.1) is 17.4 Å². The van der Waals surface area contributed by atoms with Gasteiger partial charge < -0.3 is 10.2 Å². The van der Waals surface area contributed by atoms with E-state index in [-0.39, 0.29) is 24.5 Å².